The van der Waals surface area contributed by atoms with Crippen LogP contribution in [-0.2, 0) is 9.84 Å². The summed E-state index contributed by atoms with van der Waals surface area (Å²) in [4.78, 5) is 0. The first-order valence-corrected chi connectivity index (χ1v) is 7.36. The predicted octanol–water partition coefficient (Wildman–Crippen LogP) is -0.998. The molecule has 0 radical (unpaired) electrons. The maximum Gasteiger partial charge on any atom is 0.150 e. The van der Waals surface area contributed by atoms with E-state index >= 15 is 0 Å². The molecule has 0 aromatic carbocycles. The van der Waals surface area contributed by atoms with Crippen molar-refractivity contribution in [2.24, 2.45) is 11.3 Å². The molecule has 0 aromatic heterocycles. The highest BCUT2D eigenvalue weighted by molar-refractivity contribution is 7.91. The average Bonchev–Trinajstić information content (AvgIpc) is 2.58. The van der Waals surface area contributed by atoms with Crippen LogP contribution in [0.5, 0.6) is 0 Å². The molecule has 1 rings (SSSR count). The van der Waals surface area contributed by atoms with E-state index in [1.54, 1.807) is 6.92 Å². The fourth-order valence-corrected chi connectivity index (χ4v) is 3.63. The van der Waals surface area contributed by atoms with Gasteiger partial charge in [-0.3, -0.25) is 0 Å². The van der Waals surface area contributed by atoms with E-state index in [-0.39, 0.29) is 30.6 Å². The van der Waals surface area contributed by atoms with Crippen LogP contribution in [-0.4, -0.2) is 56.4 Å². The molecule has 1 aliphatic rings. The van der Waals surface area contributed by atoms with Gasteiger partial charge in [0.25, 0.3) is 0 Å². The van der Waals surface area contributed by atoms with Crippen molar-refractivity contribution >= 4 is 9.84 Å². The molecule has 1 heterocycles. The van der Waals surface area contributed by atoms with Crippen molar-refractivity contribution in [3.05, 3.63) is 0 Å². The van der Waals surface area contributed by atoms with E-state index in [9.17, 15) is 8.42 Å². The maximum absolute atomic E-state index is 11.2. The molecule has 96 valence electrons. The summed E-state index contributed by atoms with van der Waals surface area (Å²) in [5.41, 5.74) is -0.530. The zero-order valence-corrected chi connectivity index (χ0v) is 10.5. The Bertz CT molecular complexity index is 311. The molecule has 6 heteroatoms. The molecule has 1 aliphatic heterocycles. The largest absolute Gasteiger partial charge is 0.396 e. The predicted molar refractivity (Wildman–Crippen MR) is 61.9 cm³/mol. The van der Waals surface area contributed by atoms with Gasteiger partial charge < -0.3 is 15.5 Å². The van der Waals surface area contributed by atoms with E-state index in [4.69, 9.17) is 10.2 Å². The zero-order chi connectivity index (χ0) is 12.2. The van der Waals surface area contributed by atoms with E-state index in [1.165, 1.54) is 0 Å². The highest BCUT2D eigenvalue weighted by Crippen LogP contribution is 2.18. The van der Waals surface area contributed by atoms with Gasteiger partial charge in [-0.1, -0.05) is 6.92 Å². The van der Waals surface area contributed by atoms with Crippen LogP contribution in [0.15, 0.2) is 0 Å². The van der Waals surface area contributed by atoms with Crippen molar-refractivity contribution < 1.29 is 18.6 Å². The second-order valence-corrected chi connectivity index (χ2v) is 7.26. The standard InChI is InChI=1S/C10H21NO4S/c1-10(7-12,8-13)6-11-4-9-2-3-16(14,15)5-9/h9,11-13H,2-8H2,1H3. The molecule has 0 amide bonds. The zero-order valence-electron chi connectivity index (χ0n) is 9.65. The third kappa shape index (κ3) is 4.01. The van der Waals surface area contributed by atoms with Crippen molar-refractivity contribution in [3.63, 3.8) is 0 Å². The Morgan fingerprint density at radius 1 is 1.38 bits per heavy atom. The first-order valence-electron chi connectivity index (χ1n) is 5.54. The third-order valence-corrected chi connectivity index (χ3v) is 4.91. The molecule has 16 heavy (non-hydrogen) atoms. The summed E-state index contributed by atoms with van der Waals surface area (Å²) in [6.07, 6.45) is 0.713. The number of nitrogens with one attached hydrogen (secondary N) is 1. The minimum Gasteiger partial charge on any atom is -0.396 e. The van der Waals surface area contributed by atoms with E-state index in [2.05, 4.69) is 5.32 Å². The molecule has 3 N–H and O–H groups in total. The Kier molecular flexibility index (Phi) is 4.73. The van der Waals surface area contributed by atoms with Crippen molar-refractivity contribution in [2.45, 2.75) is 13.3 Å². The lowest BCUT2D eigenvalue weighted by Crippen LogP contribution is -2.39. The Morgan fingerprint density at radius 2 is 2.00 bits per heavy atom. The minimum atomic E-state index is -2.81. The summed E-state index contributed by atoms with van der Waals surface area (Å²) >= 11 is 0. The molecule has 1 atom stereocenters. The molecule has 5 nitrogen and oxygen atoms in total. The van der Waals surface area contributed by atoms with E-state index in [0.717, 1.165) is 0 Å². The molecule has 0 bridgehead atoms. The summed E-state index contributed by atoms with van der Waals surface area (Å²) in [6, 6.07) is 0. The number of hydrogen-bond acceptors (Lipinski definition) is 5. The van der Waals surface area contributed by atoms with Crippen molar-refractivity contribution in [3.8, 4) is 0 Å². The monoisotopic (exact) mass is 251 g/mol. The van der Waals surface area contributed by atoms with E-state index in [0.29, 0.717) is 19.5 Å². The van der Waals surface area contributed by atoms with E-state index < -0.39 is 15.3 Å². The van der Waals surface area contributed by atoms with Gasteiger partial charge in [-0.05, 0) is 18.9 Å². The van der Waals surface area contributed by atoms with Gasteiger partial charge in [-0.2, -0.15) is 0 Å². The molecule has 0 spiro atoms. The molecular weight excluding hydrogens is 230 g/mol. The number of aliphatic hydroxyl groups excluding tert-OH is 2. The van der Waals surface area contributed by atoms with Gasteiger partial charge in [-0.15, -0.1) is 0 Å². The second kappa shape index (κ2) is 5.44. The van der Waals surface area contributed by atoms with Crippen LogP contribution in [0.3, 0.4) is 0 Å². The van der Waals surface area contributed by atoms with Gasteiger partial charge in [0.15, 0.2) is 9.84 Å². The minimum absolute atomic E-state index is 0.0839. The van der Waals surface area contributed by atoms with Gasteiger partial charge in [0.05, 0.1) is 24.7 Å². The summed E-state index contributed by atoms with van der Waals surface area (Å²) in [5.74, 6) is 0.720. The lowest BCUT2D eigenvalue weighted by Gasteiger charge is -2.25. The van der Waals surface area contributed by atoms with Gasteiger partial charge in [0.1, 0.15) is 0 Å². The van der Waals surface area contributed by atoms with Crippen molar-refractivity contribution in [2.75, 3.05) is 37.8 Å². The van der Waals surface area contributed by atoms with Crippen LogP contribution in [0.25, 0.3) is 0 Å². The van der Waals surface area contributed by atoms with Crippen molar-refractivity contribution in [1.29, 1.82) is 0 Å². The van der Waals surface area contributed by atoms with Gasteiger partial charge >= 0.3 is 0 Å². The molecule has 0 aromatic rings. The van der Waals surface area contributed by atoms with Crippen LogP contribution in [0.4, 0.5) is 0 Å². The summed E-state index contributed by atoms with van der Waals surface area (Å²) in [7, 11) is -2.81. The average molecular weight is 251 g/mol. The van der Waals surface area contributed by atoms with Gasteiger partial charge in [0.2, 0.25) is 0 Å². The van der Waals surface area contributed by atoms with E-state index in [1.807, 2.05) is 0 Å². The molecule has 1 fully saturated rings. The van der Waals surface area contributed by atoms with Gasteiger partial charge in [0, 0.05) is 12.0 Å². The quantitative estimate of drug-likeness (QED) is 0.564. The van der Waals surface area contributed by atoms with Crippen molar-refractivity contribution in [1.82, 2.24) is 5.32 Å². The lowest BCUT2D eigenvalue weighted by molar-refractivity contribution is 0.0692. The maximum atomic E-state index is 11.2. The topological polar surface area (TPSA) is 86.6 Å². The van der Waals surface area contributed by atoms with Crippen LogP contribution >= 0.6 is 0 Å². The molecule has 1 saturated heterocycles. The van der Waals surface area contributed by atoms with Gasteiger partial charge in [-0.25, -0.2) is 8.42 Å². The normalized spacial score (nSPS) is 24.8. The Morgan fingerprint density at radius 3 is 2.44 bits per heavy atom. The highest BCUT2D eigenvalue weighted by Gasteiger charge is 2.28. The van der Waals surface area contributed by atoms with Crippen LogP contribution in [0.2, 0.25) is 0 Å². The molecule has 0 saturated carbocycles. The SMILES string of the molecule is CC(CO)(CO)CNCC1CCS(=O)(=O)C1. The lowest BCUT2D eigenvalue weighted by atomic mass is 9.93. The third-order valence-electron chi connectivity index (χ3n) is 3.07. The highest BCUT2D eigenvalue weighted by atomic mass is 32.2. The fraction of sp³-hybridized carbons (Fsp3) is 1.00. The molecule has 0 aliphatic carbocycles. The first-order chi connectivity index (χ1) is 7.41. The number of sulfone groups is 1. The van der Waals surface area contributed by atoms with Crippen LogP contribution in [0.1, 0.15) is 13.3 Å². The molecule has 1 unspecified atom stereocenters. The summed E-state index contributed by atoms with van der Waals surface area (Å²) < 4.78 is 22.4. The number of hydrogen-bond donors (Lipinski definition) is 3. The second-order valence-electron chi connectivity index (χ2n) is 5.03. The van der Waals surface area contributed by atoms with Crippen LogP contribution in [0, 0.1) is 11.3 Å². The summed E-state index contributed by atoms with van der Waals surface area (Å²) in [5, 5.41) is 21.3. The number of aliphatic hydroxyl groups is 2. The fourth-order valence-electron chi connectivity index (χ4n) is 1.77. The number of rotatable bonds is 6. The summed E-state index contributed by atoms with van der Waals surface area (Å²) in [6.45, 7) is 2.75. The Balaban J connectivity index is 2.26. The Hall–Kier alpha value is -0.170. The smallest absolute Gasteiger partial charge is 0.150 e. The molecular formula is C10H21NO4S. The Labute approximate surface area is 96.8 Å². The first kappa shape index (κ1) is 13.9. The van der Waals surface area contributed by atoms with Crippen LogP contribution < -0.4 is 5.32 Å².